The number of hydrogen-bond donors (Lipinski definition) is 0. The van der Waals surface area contributed by atoms with Crippen LogP contribution in [0, 0.1) is 0 Å². The quantitative estimate of drug-likeness (QED) is 0.163. The second-order valence-electron chi connectivity index (χ2n) is 15.0. The van der Waals surface area contributed by atoms with Gasteiger partial charge in [-0.2, -0.15) is 0 Å². The molecule has 1 heterocycles. The third kappa shape index (κ3) is 5.52. The van der Waals surface area contributed by atoms with Crippen molar-refractivity contribution in [3.8, 4) is 55.6 Å². The highest BCUT2D eigenvalue weighted by Gasteiger charge is 2.31. The van der Waals surface area contributed by atoms with Gasteiger partial charge in [-0.15, -0.1) is 0 Å². The third-order valence-electron chi connectivity index (χ3n) is 11.8. The van der Waals surface area contributed by atoms with Gasteiger partial charge in [0.25, 0.3) is 0 Å². The van der Waals surface area contributed by atoms with Gasteiger partial charge in [-0.3, -0.25) is 4.98 Å². The minimum absolute atomic E-state index is 0.152. The van der Waals surface area contributed by atoms with E-state index < -0.39 is 0 Å². The van der Waals surface area contributed by atoms with Gasteiger partial charge in [0.15, 0.2) is 0 Å². The molecule has 0 fully saturated rings. The van der Waals surface area contributed by atoms with E-state index in [0.717, 1.165) is 12.0 Å². The van der Waals surface area contributed by atoms with Crippen molar-refractivity contribution in [2.24, 2.45) is 0 Å². The molecule has 1 atom stereocenters. The van der Waals surface area contributed by atoms with Crippen LogP contribution in [0.25, 0.3) is 82.8 Å². The van der Waals surface area contributed by atoms with Crippen LogP contribution in [-0.4, -0.2) is 11.0 Å². The molecule has 0 radical (unpaired) electrons. The molecule has 2 nitrogen and oxygen atoms in total. The summed E-state index contributed by atoms with van der Waals surface area (Å²) in [5, 5.41) is 5.20. The van der Waals surface area contributed by atoms with Crippen LogP contribution >= 0.6 is 0 Å². The van der Waals surface area contributed by atoms with Gasteiger partial charge in [0.05, 0.1) is 6.04 Å². The molecular weight excluding hydrogens is 689 g/mol. The van der Waals surface area contributed by atoms with Gasteiger partial charge in [0.1, 0.15) is 0 Å². The first-order valence-electron chi connectivity index (χ1n) is 19.8. The Bertz CT molecular complexity index is 2930. The predicted molar refractivity (Wildman–Crippen MR) is 241 cm³/mol. The molecule has 2 aliphatic rings. The maximum absolute atomic E-state index is 4.24. The number of fused-ring (bicyclic) bond motifs is 4. The van der Waals surface area contributed by atoms with E-state index in [-0.39, 0.29) is 6.04 Å². The molecular formula is C55H38N2. The number of allylic oxidation sites excluding steroid dienone is 2. The largest absolute Gasteiger partial charge is 0.334 e. The Hall–Kier alpha value is -7.29. The summed E-state index contributed by atoms with van der Waals surface area (Å²) < 4.78 is 0. The van der Waals surface area contributed by atoms with E-state index in [1.54, 1.807) is 0 Å². The first-order valence-corrected chi connectivity index (χ1v) is 19.8. The van der Waals surface area contributed by atoms with E-state index in [9.17, 15) is 0 Å². The van der Waals surface area contributed by atoms with E-state index in [1.807, 2.05) is 12.4 Å². The second kappa shape index (κ2) is 13.8. The number of anilines is 2. The average Bonchev–Trinajstić information content (AvgIpc) is 3.62. The van der Waals surface area contributed by atoms with Gasteiger partial charge in [-0.25, -0.2) is 0 Å². The highest BCUT2D eigenvalue weighted by Crippen LogP contribution is 2.58. The summed E-state index contributed by atoms with van der Waals surface area (Å²) in [7, 11) is 0. The minimum Gasteiger partial charge on any atom is -0.334 e. The average molecular weight is 727 g/mol. The monoisotopic (exact) mass is 726 g/mol. The summed E-state index contributed by atoms with van der Waals surface area (Å²) in [4.78, 5) is 6.71. The van der Waals surface area contributed by atoms with Crippen LogP contribution in [0.1, 0.15) is 12.0 Å². The molecule has 0 bridgehead atoms. The number of benzene rings is 8. The van der Waals surface area contributed by atoms with Crippen molar-refractivity contribution >= 4 is 38.5 Å². The van der Waals surface area contributed by atoms with Gasteiger partial charge in [-0.05, 0) is 131 Å². The molecule has 0 N–H and O–H groups in total. The topological polar surface area (TPSA) is 16.1 Å². The first kappa shape index (κ1) is 33.1. The molecule has 57 heavy (non-hydrogen) atoms. The van der Waals surface area contributed by atoms with E-state index in [4.69, 9.17) is 0 Å². The van der Waals surface area contributed by atoms with Crippen molar-refractivity contribution in [2.75, 3.05) is 4.90 Å². The molecule has 0 aliphatic heterocycles. The molecule has 0 spiro atoms. The standard InChI is InChI=1S/C55H38N2/c1-4-14-39(15-5-1)51-47-22-10-11-23-48(47)52(40-16-6-2-7-17-40)55-50-31-30-45(46-24-13-25-49(53(46)50)54(51)55)38-26-28-43(29-27-38)57(42-19-8-3-9-20-42)44-21-12-18-41(36-44)37-32-34-56-35-33-37/h1-28,30-36,43H,29H2. The highest BCUT2D eigenvalue weighted by atomic mass is 15.2. The van der Waals surface area contributed by atoms with E-state index in [1.165, 1.54) is 94.1 Å². The van der Waals surface area contributed by atoms with Gasteiger partial charge in [-0.1, -0.05) is 164 Å². The van der Waals surface area contributed by atoms with Crippen LogP contribution in [0.4, 0.5) is 11.4 Å². The highest BCUT2D eigenvalue weighted by molar-refractivity contribution is 6.28. The Kier molecular flexibility index (Phi) is 8.00. The molecule has 0 saturated heterocycles. The SMILES string of the molecule is C1=CC(N(c2ccccc2)c2cccc(-c3ccncc3)c2)CC=C1c1ccc2c3c(cccc13)-c1c-2c(-c2ccccc2)c2ccccc2c1-c1ccccc1. The van der Waals surface area contributed by atoms with Crippen LogP contribution in [0.3, 0.4) is 0 Å². The Morgan fingerprint density at radius 3 is 1.61 bits per heavy atom. The van der Waals surface area contributed by atoms with Crippen molar-refractivity contribution in [3.05, 3.63) is 218 Å². The molecule has 9 aromatic rings. The lowest BCUT2D eigenvalue weighted by molar-refractivity contribution is 0.787. The number of rotatable bonds is 7. The third-order valence-corrected chi connectivity index (χ3v) is 11.8. The lowest BCUT2D eigenvalue weighted by Crippen LogP contribution is -2.30. The normalized spacial score (nSPS) is 14.1. The number of hydrogen-bond acceptors (Lipinski definition) is 2. The fourth-order valence-electron chi connectivity index (χ4n) is 9.36. The van der Waals surface area contributed by atoms with Crippen LogP contribution in [0.5, 0.6) is 0 Å². The van der Waals surface area contributed by atoms with E-state index in [2.05, 4.69) is 210 Å². The van der Waals surface area contributed by atoms with Crippen molar-refractivity contribution in [1.82, 2.24) is 4.98 Å². The van der Waals surface area contributed by atoms with Gasteiger partial charge in [0.2, 0.25) is 0 Å². The van der Waals surface area contributed by atoms with Crippen LogP contribution in [0.15, 0.2) is 213 Å². The summed E-state index contributed by atoms with van der Waals surface area (Å²) in [6.45, 7) is 0. The lowest BCUT2D eigenvalue weighted by atomic mass is 9.82. The smallest absolute Gasteiger partial charge is 0.0560 e. The lowest BCUT2D eigenvalue weighted by Gasteiger charge is -2.33. The minimum atomic E-state index is 0.152. The molecule has 2 heteroatoms. The molecule has 1 unspecified atom stereocenters. The fraction of sp³-hybridized carbons (Fsp3) is 0.0364. The van der Waals surface area contributed by atoms with Gasteiger partial charge in [0, 0.05) is 23.8 Å². The van der Waals surface area contributed by atoms with Crippen LogP contribution in [-0.2, 0) is 0 Å². The maximum Gasteiger partial charge on any atom is 0.0560 e. The Labute approximate surface area is 333 Å². The summed E-state index contributed by atoms with van der Waals surface area (Å²) in [5.74, 6) is 0. The Morgan fingerprint density at radius 1 is 0.421 bits per heavy atom. The first-order chi connectivity index (χ1) is 28.3. The molecule has 1 aromatic heterocycles. The molecule has 2 aliphatic carbocycles. The van der Waals surface area contributed by atoms with Crippen LogP contribution in [0.2, 0.25) is 0 Å². The second-order valence-corrected chi connectivity index (χ2v) is 15.0. The number of para-hydroxylation sites is 1. The summed E-state index contributed by atoms with van der Waals surface area (Å²) in [6.07, 6.45) is 11.8. The molecule has 0 saturated carbocycles. The number of pyridine rings is 1. The van der Waals surface area contributed by atoms with Crippen molar-refractivity contribution < 1.29 is 0 Å². The number of nitrogens with zero attached hydrogens (tertiary/aromatic N) is 2. The molecule has 8 aromatic carbocycles. The Morgan fingerprint density at radius 2 is 0.965 bits per heavy atom. The van der Waals surface area contributed by atoms with Crippen molar-refractivity contribution in [1.29, 1.82) is 0 Å². The molecule has 0 amide bonds. The zero-order chi connectivity index (χ0) is 37.7. The van der Waals surface area contributed by atoms with Crippen molar-refractivity contribution in [3.63, 3.8) is 0 Å². The Balaban J connectivity index is 1.05. The zero-order valence-corrected chi connectivity index (χ0v) is 31.4. The van der Waals surface area contributed by atoms with Gasteiger partial charge >= 0.3 is 0 Å². The molecule has 268 valence electrons. The van der Waals surface area contributed by atoms with Gasteiger partial charge < -0.3 is 4.90 Å². The summed E-state index contributed by atoms with van der Waals surface area (Å²) in [6, 6.07) is 66.5. The number of aromatic nitrogens is 1. The van der Waals surface area contributed by atoms with Crippen molar-refractivity contribution in [2.45, 2.75) is 12.5 Å². The van der Waals surface area contributed by atoms with E-state index >= 15 is 0 Å². The van der Waals surface area contributed by atoms with E-state index in [0.29, 0.717) is 0 Å². The fourth-order valence-corrected chi connectivity index (χ4v) is 9.36. The van der Waals surface area contributed by atoms with Crippen LogP contribution < -0.4 is 4.90 Å². The zero-order valence-electron chi connectivity index (χ0n) is 31.4. The maximum atomic E-state index is 4.24. The predicted octanol–water partition coefficient (Wildman–Crippen LogP) is 14.6. The summed E-state index contributed by atoms with van der Waals surface area (Å²) in [5.41, 5.74) is 17.6. The molecule has 11 rings (SSSR count). The summed E-state index contributed by atoms with van der Waals surface area (Å²) >= 11 is 0.